The molecule has 0 aliphatic heterocycles. The van der Waals surface area contributed by atoms with Crippen molar-refractivity contribution >= 4 is 33.5 Å². The molecule has 0 saturated carbocycles. The molecule has 0 bridgehead atoms. The van der Waals surface area contributed by atoms with E-state index >= 15 is 0 Å². The van der Waals surface area contributed by atoms with E-state index in [2.05, 4.69) is 29.5 Å². The zero-order chi connectivity index (χ0) is 20.4. The summed E-state index contributed by atoms with van der Waals surface area (Å²) in [6.45, 7) is 7.59. The molecule has 0 aliphatic rings. The van der Waals surface area contributed by atoms with E-state index in [0.29, 0.717) is 28.1 Å². The Hall–Kier alpha value is -1.89. The van der Waals surface area contributed by atoms with Crippen LogP contribution in [0.2, 0.25) is 0 Å². The molecular weight excluding hydrogens is 374 g/mol. The number of thiophene rings is 1. The van der Waals surface area contributed by atoms with Crippen molar-refractivity contribution in [3.63, 3.8) is 0 Å². The maximum Gasteiger partial charge on any atom is 0.349 e. The molecule has 0 saturated heterocycles. The number of amides is 1. The predicted octanol–water partition coefficient (Wildman–Crippen LogP) is 5.11. The first kappa shape index (κ1) is 22.4. The zero-order valence-electron chi connectivity index (χ0n) is 17.4. The molecular formula is C21H33N3O3S. The molecule has 2 heterocycles. The number of carbonyl (C=O) groups is 1. The first-order chi connectivity index (χ1) is 13.6. The van der Waals surface area contributed by atoms with Gasteiger partial charge < -0.3 is 15.1 Å². The molecule has 156 valence electrons. The molecule has 0 aliphatic carbocycles. The van der Waals surface area contributed by atoms with Gasteiger partial charge in [0.05, 0.1) is 4.88 Å². The number of hydrogen-bond donors (Lipinski definition) is 2. The van der Waals surface area contributed by atoms with Gasteiger partial charge in [0.1, 0.15) is 10.2 Å². The van der Waals surface area contributed by atoms with Gasteiger partial charge in [0.2, 0.25) is 0 Å². The summed E-state index contributed by atoms with van der Waals surface area (Å²) in [5, 5.41) is 6.49. The molecule has 2 rings (SSSR count). The molecule has 0 radical (unpaired) electrons. The zero-order valence-corrected chi connectivity index (χ0v) is 18.2. The average Bonchev–Trinajstić information content (AvgIpc) is 3.06. The van der Waals surface area contributed by atoms with E-state index in [4.69, 9.17) is 4.42 Å². The fraction of sp³-hybridized carbons (Fsp3) is 0.667. The van der Waals surface area contributed by atoms with Gasteiger partial charge in [-0.1, -0.05) is 59.3 Å². The number of nitrogens with one attached hydrogen (secondary N) is 2. The van der Waals surface area contributed by atoms with E-state index < -0.39 is 5.63 Å². The summed E-state index contributed by atoms with van der Waals surface area (Å²) in [6, 6.07) is 0.243. The Morgan fingerprint density at radius 1 is 1.00 bits per heavy atom. The number of anilines is 1. The summed E-state index contributed by atoms with van der Waals surface area (Å²) in [7, 11) is 0. The normalized spacial score (nSPS) is 11.1. The Morgan fingerprint density at radius 2 is 1.71 bits per heavy atom. The van der Waals surface area contributed by atoms with Crippen LogP contribution in [-0.4, -0.2) is 24.0 Å². The molecule has 1 amide bonds. The van der Waals surface area contributed by atoms with E-state index in [1.165, 1.54) is 37.0 Å². The van der Waals surface area contributed by atoms with Crippen molar-refractivity contribution in [3.8, 4) is 0 Å². The standard InChI is InChI=1S/C21H33N3O3S/c1-4-7-9-10-11-12-14-23-21-24-19-16(20(26)27-21)15(6-3)17(28-19)18(25)22-13-8-5-2/h4-14H2,1-3H3,(H,22,25)(H,23,24). The van der Waals surface area contributed by atoms with Gasteiger partial charge in [-0.25, -0.2) is 4.79 Å². The fourth-order valence-electron chi connectivity index (χ4n) is 3.15. The van der Waals surface area contributed by atoms with Crippen molar-refractivity contribution in [1.82, 2.24) is 10.3 Å². The van der Waals surface area contributed by atoms with Crippen LogP contribution in [0.5, 0.6) is 0 Å². The molecule has 0 aromatic carbocycles. The molecule has 2 aromatic rings. The molecule has 0 unspecified atom stereocenters. The van der Waals surface area contributed by atoms with Crippen LogP contribution in [0.3, 0.4) is 0 Å². The third kappa shape index (κ3) is 6.06. The molecule has 0 fully saturated rings. The quantitative estimate of drug-likeness (QED) is 0.451. The number of nitrogens with zero attached hydrogens (tertiary/aromatic N) is 1. The summed E-state index contributed by atoms with van der Waals surface area (Å²) in [6.07, 6.45) is 9.74. The van der Waals surface area contributed by atoms with Crippen LogP contribution in [0.25, 0.3) is 10.2 Å². The largest absolute Gasteiger partial charge is 0.389 e. The van der Waals surface area contributed by atoms with Gasteiger partial charge in [0, 0.05) is 13.1 Å². The van der Waals surface area contributed by atoms with Crippen LogP contribution in [0.15, 0.2) is 9.21 Å². The Morgan fingerprint density at radius 3 is 2.43 bits per heavy atom. The lowest BCUT2D eigenvalue weighted by Crippen LogP contribution is -2.24. The Balaban J connectivity index is 2.07. The molecule has 0 spiro atoms. The van der Waals surface area contributed by atoms with Crippen molar-refractivity contribution in [2.24, 2.45) is 0 Å². The second-order valence-electron chi connectivity index (χ2n) is 7.05. The second-order valence-corrected chi connectivity index (χ2v) is 8.05. The summed E-state index contributed by atoms with van der Waals surface area (Å²) in [5.41, 5.74) is 0.314. The van der Waals surface area contributed by atoms with Crippen LogP contribution in [0.1, 0.15) is 87.4 Å². The van der Waals surface area contributed by atoms with Crippen molar-refractivity contribution in [2.75, 3.05) is 18.4 Å². The minimum absolute atomic E-state index is 0.130. The Labute approximate surface area is 171 Å². The summed E-state index contributed by atoms with van der Waals surface area (Å²) in [4.78, 5) is 30.6. The summed E-state index contributed by atoms with van der Waals surface area (Å²) in [5.74, 6) is -0.130. The first-order valence-electron chi connectivity index (χ1n) is 10.6. The van der Waals surface area contributed by atoms with Gasteiger partial charge in [-0.2, -0.15) is 4.98 Å². The average molecular weight is 408 g/mol. The van der Waals surface area contributed by atoms with Gasteiger partial charge in [-0.3, -0.25) is 4.79 Å². The van der Waals surface area contributed by atoms with E-state index in [-0.39, 0.29) is 11.9 Å². The third-order valence-electron chi connectivity index (χ3n) is 4.77. The summed E-state index contributed by atoms with van der Waals surface area (Å²) < 4.78 is 5.37. The van der Waals surface area contributed by atoms with E-state index in [1.54, 1.807) is 0 Å². The molecule has 28 heavy (non-hydrogen) atoms. The highest BCUT2D eigenvalue weighted by Gasteiger charge is 2.21. The molecule has 2 aromatic heterocycles. The van der Waals surface area contributed by atoms with Crippen LogP contribution in [0, 0.1) is 0 Å². The van der Waals surface area contributed by atoms with Gasteiger partial charge in [0.25, 0.3) is 11.9 Å². The van der Waals surface area contributed by atoms with Crippen LogP contribution < -0.4 is 16.3 Å². The van der Waals surface area contributed by atoms with Crippen molar-refractivity contribution in [2.45, 2.75) is 78.6 Å². The van der Waals surface area contributed by atoms with E-state index in [1.807, 2.05) is 6.92 Å². The van der Waals surface area contributed by atoms with Crippen LogP contribution in [-0.2, 0) is 6.42 Å². The minimum Gasteiger partial charge on any atom is -0.389 e. The molecule has 2 N–H and O–H groups in total. The second kappa shape index (κ2) is 11.8. The number of unbranched alkanes of at least 4 members (excludes halogenated alkanes) is 6. The Bertz CT molecular complexity index is 813. The number of hydrogen-bond acceptors (Lipinski definition) is 6. The first-order valence-corrected chi connectivity index (χ1v) is 11.4. The summed E-state index contributed by atoms with van der Waals surface area (Å²) >= 11 is 1.27. The highest BCUT2D eigenvalue weighted by molar-refractivity contribution is 7.20. The highest BCUT2D eigenvalue weighted by Crippen LogP contribution is 2.29. The topological polar surface area (TPSA) is 84.2 Å². The van der Waals surface area contributed by atoms with Gasteiger partial charge >= 0.3 is 5.63 Å². The van der Waals surface area contributed by atoms with Gasteiger partial charge in [-0.05, 0) is 24.8 Å². The van der Waals surface area contributed by atoms with E-state index in [9.17, 15) is 9.59 Å². The number of carbonyl (C=O) groups excluding carboxylic acids is 1. The number of aromatic nitrogens is 1. The van der Waals surface area contributed by atoms with Gasteiger partial charge in [-0.15, -0.1) is 11.3 Å². The number of fused-ring (bicyclic) bond motifs is 1. The SMILES string of the molecule is CCCCCCCCNc1nc2sc(C(=O)NCCCC)c(CC)c2c(=O)o1. The molecule has 0 atom stereocenters. The molecule has 6 nitrogen and oxygen atoms in total. The third-order valence-corrected chi connectivity index (χ3v) is 5.89. The monoisotopic (exact) mass is 407 g/mol. The fourth-order valence-corrected chi connectivity index (χ4v) is 4.32. The lowest BCUT2D eigenvalue weighted by atomic mass is 10.1. The Kier molecular flexibility index (Phi) is 9.47. The van der Waals surface area contributed by atoms with Crippen LogP contribution in [0.4, 0.5) is 6.01 Å². The highest BCUT2D eigenvalue weighted by atomic mass is 32.1. The number of aryl methyl sites for hydroxylation is 1. The van der Waals surface area contributed by atoms with Crippen molar-refractivity contribution < 1.29 is 9.21 Å². The maximum atomic E-state index is 12.5. The van der Waals surface area contributed by atoms with Crippen molar-refractivity contribution in [3.05, 3.63) is 20.9 Å². The van der Waals surface area contributed by atoms with Crippen molar-refractivity contribution in [1.29, 1.82) is 0 Å². The van der Waals surface area contributed by atoms with Crippen LogP contribution >= 0.6 is 11.3 Å². The van der Waals surface area contributed by atoms with E-state index in [0.717, 1.165) is 37.8 Å². The predicted molar refractivity (Wildman–Crippen MR) is 117 cm³/mol. The maximum absolute atomic E-state index is 12.5. The lowest BCUT2D eigenvalue weighted by Gasteiger charge is -2.04. The lowest BCUT2D eigenvalue weighted by molar-refractivity contribution is 0.0956. The molecule has 7 heteroatoms. The van der Waals surface area contributed by atoms with Gasteiger partial charge in [0.15, 0.2) is 0 Å². The number of rotatable bonds is 13. The minimum atomic E-state index is -0.420. The smallest absolute Gasteiger partial charge is 0.349 e.